The number of carboxylic acid groups (broad SMARTS) is 1. The van der Waals surface area contributed by atoms with Gasteiger partial charge in [-0.25, -0.2) is 4.79 Å². The van der Waals surface area contributed by atoms with Gasteiger partial charge in [0.2, 0.25) is 11.8 Å². The van der Waals surface area contributed by atoms with Gasteiger partial charge in [-0.3, -0.25) is 9.59 Å². The number of allylic oxidation sites excluding steroid dienone is 1. The maximum atomic E-state index is 13.4. The van der Waals surface area contributed by atoms with Crippen molar-refractivity contribution in [2.24, 2.45) is 0 Å². The number of aliphatic carboxylic acids is 1. The molecular weight excluding hydrogens is 1140 g/mol. The van der Waals surface area contributed by atoms with Crippen LogP contribution in [-0.4, -0.2) is 215 Å². The van der Waals surface area contributed by atoms with Gasteiger partial charge in [-0.1, -0.05) is 219 Å². The van der Waals surface area contributed by atoms with Crippen molar-refractivity contribution >= 4 is 17.8 Å². The first kappa shape index (κ1) is 79.7. The molecule has 18 atom stereocenters. The number of ether oxygens (including phenoxy) is 6. The molecule has 3 fully saturated rings. The van der Waals surface area contributed by atoms with Gasteiger partial charge in [0.1, 0.15) is 67.1 Å². The number of nitrogens with one attached hydrogen (secondary N) is 2. The Hall–Kier alpha value is -2.53. The number of amides is 2. The second-order valence-electron chi connectivity index (χ2n) is 25.0. The first-order chi connectivity index (χ1) is 42.4. The van der Waals surface area contributed by atoms with E-state index in [1.54, 1.807) is 6.08 Å². The number of carbonyl (C=O) groups is 3. The number of rotatable bonds is 51. The molecule has 0 aromatic rings. The number of aliphatic hydroxyl groups excluding tert-OH is 11. The molecule has 23 heteroatoms. The topological polar surface area (TPSA) is 373 Å². The number of unbranched alkanes of at least 4 members (excludes halogenated alkanes) is 31. The molecule has 3 aliphatic heterocycles. The molecule has 0 aromatic carbocycles. The van der Waals surface area contributed by atoms with Crippen LogP contribution in [0, 0.1) is 0 Å². The second kappa shape index (κ2) is 46.5. The predicted molar refractivity (Wildman–Crippen MR) is 329 cm³/mol. The summed E-state index contributed by atoms with van der Waals surface area (Å²) in [6, 6.07) is -2.61. The van der Waals surface area contributed by atoms with Gasteiger partial charge in [0, 0.05) is 19.8 Å². The summed E-state index contributed by atoms with van der Waals surface area (Å²) in [4.78, 5) is 38.5. The van der Waals surface area contributed by atoms with Crippen LogP contribution >= 0.6 is 0 Å². The fourth-order valence-electron chi connectivity index (χ4n) is 12.0. The lowest BCUT2D eigenvalue weighted by Crippen LogP contribution is -2.70. The maximum Gasteiger partial charge on any atom is 0.364 e. The molecule has 0 spiro atoms. The molecule has 23 nitrogen and oxygen atoms in total. The highest BCUT2D eigenvalue weighted by Crippen LogP contribution is 2.39. The fraction of sp³-hybridized carbons (Fsp3) is 0.923. The normalized spacial score (nSPS) is 29.0. The first-order valence-electron chi connectivity index (χ1n) is 34.1. The highest BCUT2D eigenvalue weighted by molar-refractivity contribution is 5.77. The van der Waals surface area contributed by atoms with E-state index in [4.69, 9.17) is 28.4 Å². The van der Waals surface area contributed by atoms with Crippen LogP contribution in [-0.2, 0) is 42.8 Å². The zero-order chi connectivity index (χ0) is 64.7. The maximum absolute atomic E-state index is 13.4. The first-order valence-corrected chi connectivity index (χ1v) is 34.1. The third kappa shape index (κ3) is 29.2. The van der Waals surface area contributed by atoms with Crippen molar-refractivity contribution in [3.8, 4) is 0 Å². The van der Waals surface area contributed by atoms with Crippen LogP contribution in [0.15, 0.2) is 12.2 Å². The molecule has 3 rings (SSSR count). The quantitative estimate of drug-likeness (QED) is 0.0264. The Balaban J connectivity index is 1.62. The zero-order valence-corrected chi connectivity index (χ0v) is 53.6. The molecule has 0 saturated carbocycles. The molecule has 0 aliphatic carbocycles. The van der Waals surface area contributed by atoms with E-state index in [0.29, 0.717) is 12.8 Å². The highest BCUT2D eigenvalue weighted by Gasteiger charge is 2.60. The number of aliphatic hydroxyl groups is 11. The molecule has 2 amide bonds. The van der Waals surface area contributed by atoms with Gasteiger partial charge in [-0.2, -0.15) is 0 Å². The van der Waals surface area contributed by atoms with Gasteiger partial charge in [0.05, 0.1) is 50.7 Å². The molecule has 18 unspecified atom stereocenters. The lowest BCUT2D eigenvalue weighted by atomic mass is 9.88. The Kier molecular flexibility index (Phi) is 42.1. The van der Waals surface area contributed by atoms with E-state index in [0.717, 1.165) is 51.9 Å². The minimum atomic E-state index is -3.08. The summed E-state index contributed by atoms with van der Waals surface area (Å²) in [5.41, 5.74) is 0. The number of carboxylic acids is 1. The van der Waals surface area contributed by atoms with Crippen LogP contribution < -0.4 is 10.6 Å². The van der Waals surface area contributed by atoms with E-state index >= 15 is 0 Å². The van der Waals surface area contributed by atoms with Crippen LogP contribution in [0.2, 0.25) is 0 Å². The minimum Gasteiger partial charge on any atom is -0.477 e. The average Bonchev–Trinajstić information content (AvgIpc) is 0.825. The van der Waals surface area contributed by atoms with Crippen LogP contribution in [0.5, 0.6) is 0 Å². The third-order valence-electron chi connectivity index (χ3n) is 17.5. The highest BCUT2D eigenvalue weighted by atomic mass is 16.8. The molecular formula is C65H120N2O21. The van der Waals surface area contributed by atoms with Crippen LogP contribution in [0.3, 0.4) is 0 Å². The summed E-state index contributed by atoms with van der Waals surface area (Å²) in [7, 11) is 0. The lowest BCUT2D eigenvalue weighted by Gasteiger charge is -2.50. The van der Waals surface area contributed by atoms with E-state index in [1.165, 1.54) is 154 Å². The monoisotopic (exact) mass is 1260 g/mol. The van der Waals surface area contributed by atoms with E-state index in [9.17, 15) is 75.7 Å². The molecule has 3 heterocycles. The summed E-state index contributed by atoms with van der Waals surface area (Å²) in [6.45, 7) is 2.14. The number of carbonyl (C=O) groups excluding carboxylic acids is 2. The lowest BCUT2D eigenvalue weighted by molar-refractivity contribution is -0.386. The van der Waals surface area contributed by atoms with Gasteiger partial charge in [-0.15, -0.1) is 0 Å². The van der Waals surface area contributed by atoms with Gasteiger partial charge in [0.25, 0.3) is 5.79 Å². The SMILES string of the molecule is CCCCCCCCCCCCCCCCCCC/C=C/C(O)C(COC1OC(CO)C(OC2OC(CO)C(O)C(OC3(C(=O)O)CC(O)C(NC(C)=O)C(C(O)C(O)CO)O3)C2O)C(O)C1O)NC(=O)CCCCCCCCCCCCCCCCC. The smallest absolute Gasteiger partial charge is 0.364 e. The van der Waals surface area contributed by atoms with E-state index in [2.05, 4.69) is 24.5 Å². The molecule has 14 N–H and O–H groups in total. The number of hydrogen-bond donors (Lipinski definition) is 14. The van der Waals surface area contributed by atoms with Crippen LogP contribution in [0.25, 0.3) is 0 Å². The van der Waals surface area contributed by atoms with Crippen molar-refractivity contribution in [3.05, 3.63) is 12.2 Å². The summed E-state index contributed by atoms with van der Waals surface area (Å²) in [6.07, 6.45) is 14.0. The van der Waals surface area contributed by atoms with Crippen molar-refractivity contribution in [3.63, 3.8) is 0 Å². The van der Waals surface area contributed by atoms with Crippen molar-refractivity contribution < 1.29 is 104 Å². The van der Waals surface area contributed by atoms with Gasteiger partial charge in [-0.05, 0) is 19.3 Å². The predicted octanol–water partition coefficient (Wildman–Crippen LogP) is 5.51. The van der Waals surface area contributed by atoms with Crippen molar-refractivity contribution in [1.29, 1.82) is 0 Å². The van der Waals surface area contributed by atoms with E-state index in [1.807, 2.05) is 6.08 Å². The number of hydrogen-bond acceptors (Lipinski definition) is 20. The van der Waals surface area contributed by atoms with Crippen molar-refractivity contribution in [1.82, 2.24) is 10.6 Å². The Morgan fingerprint density at radius 3 is 1.51 bits per heavy atom. The van der Waals surface area contributed by atoms with Crippen molar-refractivity contribution in [2.45, 2.75) is 355 Å². The van der Waals surface area contributed by atoms with E-state index < -0.39 is 155 Å². The molecule has 0 radical (unpaired) electrons. The van der Waals surface area contributed by atoms with Crippen LogP contribution in [0.4, 0.5) is 0 Å². The third-order valence-corrected chi connectivity index (χ3v) is 17.5. The second-order valence-corrected chi connectivity index (χ2v) is 25.0. The average molecular weight is 1270 g/mol. The molecule has 516 valence electrons. The molecule has 0 aromatic heterocycles. The Bertz CT molecular complexity index is 1840. The molecule has 0 bridgehead atoms. The largest absolute Gasteiger partial charge is 0.477 e. The molecule has 3 saturated heterocycles. The Morgan fingerprint density at radius 1 is 0.591 bits per heavy atom. The Morgan fingerprint density at radius 2 is 1.06 bits per heavy atom. The van der Waals surface area contributed by atoms with E-state index in [-0.39, 0.29) is 12.3 Å². The summed E-state index contributed by atoms with van der Waals surface area (Å²) < 4.78 is 34.8. The molecule has 88 heavy (non-hydrogen) atoms. The summed E-state index contributed by atoms with van der Waals surface area (Å²) >= 11 is 0. The summed E-state index contributed by atoms with van der Waals surface area (Å²) in [5.74, 6) is -6.14. The molecule has 3 aliphatic rings. The van der Waals surface area contributed by atoms with Gasteiger partial charge < -0.3 is 100 Å². The minimum absolute atomic E-state index is 0.205. The van der Waals surface area contributed by atoms with Gasteiger partial charge in [0.15, 0.2) is 12.6 Å². The zero-order valence-electron chi connectivity index (χ0n) is 53.6. The Labute approximate surface area is 524 Å². The summed E-state index contributed by atoms with van der Waals surface area (Å²) in [5, 5.41) is 136. The van der Waals surface area contributed by atoms with Gasteiger partial charge >= 0.3 is 5.97 Å². The van der Waals surface area contributed by atoms with Crippen LogP contribution in [0.1, 0.15) is 245 Å². The standard InChI is InChI=1S/C65H120N2O21/c1-4-6-8-10-12-14-16-18-20-21-22-23-25-26-28-30-32-34-36-38-47(72)46(67-52(75)39-37-35-33-31-29-27-24-19-17-15-13-11-9-7-5-2)44-83-62-57(79)56(78)59(51(43-70)85-62)86-63-58(80)61(55(77)50(42-69)84-63)88-65(64(81)82)40-48(73)53(66-45(3)71)60(87-65)54(76)49(74)41-68/h36,38,46-51,53-63,68-70,72-74,76-80H,4-35,37,39-44H2,1-3H3,(H,66,71)(H,67,75)(H,81,82)/b38-36+. The van der Waals surface area contributed by atoms with Crippen molar-refractivity contribution in [2.75, 3.05) is 26.4 Å². The fourth-order valence-corrected chi connectivity index (χ4v) is 12.0.